The molecule has 0 aliphatic rings. The number of fused-ring (bicyclic) bond motifs is 3. The van der Waals surface area contributed by atoms with Crippen LogP contribution >= 0.6 is 22.7 Å². The van der Waals surface area contributed by atoms with E-state index in [2.05, 4.69) is 68.2 Å². The number of aromatic nitrogens is 1. The molecule has 0 atom stereocenters. The molecule has 0 aliphatic heterocycles. The van der Waals surface area contributed by atoms with Crippen molar-refractivity contribution in [3.05, 3.63) is 52.5 Å². The second kappa shape index (κ2) is 4.90. The number of pyridine rings is 1. The van der Waals surface area contributed by atoms with Gasteiger partial charge in [-0.2, -0.15) is 0 Å². The Balaban J connectivity index is 2.20. The van der Waals surface area contributed by atoms with Gasteiger partial charge >= 0.3 is 0 Å². The van der Waals surface area contributed by atoms with E-state index in [0.717, 1.165) is 0 Å². The van der Waals surface area contributed by atoms with Gasteiger partial charge in [0, 0.05) is 16.2 Å². The molecule has 0 N–H and O–H groups in total. The molecule has 4 rings (SSSR count). The highest BCUT2D eigenvalue weighted by molar-refractivity contribution is 7.41. The summed E-state index contributed by atoms with van der Waals surface area (Å²) in [6.07, 6.45) is 2.19. The highest BCUT2D eigenvalue weighted by atomic mass is 32.2. The summed E-state index contributed by atoms with van der Waals surface area (Å²) in [7, 11) is 2.15. The van der Waals surface area contributed by atoms with E-state index >= 15 is 0 Å². The van der Waals surface area contributed by atoms with Crippen molar-refractivity contribution in [1.29, 1.82) is 0 Å². The maximum atomic E-state index is 2.33. The Kier molecular flexibility index (Phi) is 3.10. The van der Waals surface area contributed by atoms with E-state index in [1.807, 2.05) is 22.7 Å². The van der Waals surface area contributed by atoms with Crippen molar-refractivity contribution in [3.63, 3.8) is 0 Å². The number of hydrogen-bond acceptors (Lipinski definition) is 2. The maximum Gasteiger partial charge on any atom is 0.221 e. The van der Waals surface area contributed by atoms with Crippen molar-refractivity contribution >= 4 is 42.2 Å². The zero-order valence-electron chi connectivity index (χ0n) is 13.2. The van der Waals surface area contributed by atoms with Gasteiger partial charge < -0.3 is 0 Å². The lowest BCUT2D eigenvalue weighted by Gasteiger charge is -2.10. The van der Waals surface area contributed by atoms with Crippen molar-refractivity contribution in [2.24, 2.45) is 7.05 Å². The van der Waals surface area contributed by atoms with E-state index in [9.17, 15) is 0 Å². The Bertz CT molecular complexity index is 1020. The Morgan fingerprint density at radius 1 is 1.05 bits per heavy atom. The lowest BCUT2D eigenvalue weighted by Crippen LogP contribution is -2.30. The van der Waals surface area contributed by atoms with Crippen molar-refractivity contribution in [2.75, 3.05) is 0 Å². The fourth-order valence-electron chi connectivity index (χ4n) is 3.25. The van der Waals surface area contributed by atoms with Crippen LogP contribution in [0.2, 0.25) is 0 Å². The van der Waals surface area contributed by atoms with Gasteiger partial charge in [0.15, 0.2) is 6.20 Å². The fraction of sp³-hybridized carbons (Fsp3) is 0.211. The molecule has 0 saturated carbocycles. The van der Waals surface area contributed by atoms with Crippen LogP contribution in [0, 0.1) is 20.8 Å². The van der Waals surface area contributed by atoms with Crippen LogP contribution in [-0.2, 0) is 7.05 Å². The van der Waals surface area contributed by atoms with Gasteiger partial charge in [-0.1, -0.05) is 11.6 Å². The number of rotatable bonds is 1. The molecule has 1 nitrogen and oxygen atoms in total. The quantitative estimate of drug-likeness (QED) is 0.405. The summed E-state index contributed by atoms with van der Waals surface area (Å²) < 4.78 is 5.07. The smallest absolute Gasteiger partial charge is 0.200 e. The van der Waals surface area contributed by atoms with Crippen LogP contribution in [0.4, 0.5) is 0 Å². The lowest BCUT2D eigenvalue weighted by molar-refractivity contribution is -0.659. The van der Waals surface area contributed by atoms with Crippen LogP contribution < -0.4 is 4.57 Å². The predicted octanol–water partition coefficient (Wildman–Crippen LogP) is 5.53. The molecule has 0 bridgehead atoms. The van der Waals surface area contributed by atoms with E-state index in [0.29, 0.717) is 0 Å². The molecular weight excluding hydrogens is 306 g/mol. The van der Waals surface area contributed by atoms with Crippen molar-refractivity contribution in [1.82, 2.24) is 0 Å². The van der Waals surface area contributed by atoms with E-state index < -0.39 is 0 Å². The van der Waals surface area contributed by atoms with Crippen molar-refractivity contribution < 1.29 is 4.57 Å². The molecule has 0 fully saturated rings. The predicted molar refractivity (Wildman–Crippen MR) is 98.0 cm³/mol. The second-order valence-electron chi connectivity index (χ2n) is 5.99. The normalized spacial score (nSPS) is 11.6. The molecule has 22 heavy (non-hydrogen) atoms. The average molecular weight is 324 g/mol. The lowest BCUT2D eigenvalue weighted by atomic mass is 9.95. The Morgan fingerprint density at radius 3 is 2.68 bits per heavy atom. The molecule has 0 saturated heterocycles. The average Bonchev–Trinajstić information content (AvgIpc) is 3.04. The van der Waals surface area contributed by atoms with Gasteiger partial charge in [-0.25, -0.2) is 4.57 Å². The third-order valence-electron chi connectivity index (χ3n) is 4.45. The molecular formula is C19H18NS2+. The van der Waals surface area contributed by atoms with E-state index in [1.165, 1.54) is 47.4 Å². The molecule has 0 aliphatic carbocycles. The van der Waals surface area contributed by atoms with Gasteiger partial charge in [0.1, 0.15) is 7.05 Å². The molecule has 0 amide bonds. The maximum absolute atomic E-state index is 2.33. The highest BCUT2D eigenvalue weighted by Gasteiger charge is 2.22. The number of aryl methyl sites for hydroxylation is 3. The van der Waals surface area contributed by atoms with Gasteiger partial charge in [0.2, 0.25) is 5.69 Å². The molecule has 3 aromatic heterocycles. The number of benzene rings is 1. The van der Waals surface area contributed by atoms with E-state index in [1.54, 1.807) is 0 Å². The second-order valence-corrected chi connectivity index (χ2v) is 8.22. The monoisotopic (exact) mass is 324 g/mol. The molecule has 0 spiro atoms. The standard InChI is InChI=1S/C19H18NS2/c1-11-9-12(2)13(3)15(10-11)18-17-14-6-8-21-19(14)22-16(17)5-7-20(18)4/h5-10H,1-4H3/q+1. The summed E-state index contributed by atoms with van der Waals surface area (Å²) in [4.78, 5) is 0. The first kappa shape index (κ1) is 13.9. The molecule has 1 aromatic carbocycles. The summed E-state index contributed by atoms with van der Waals surface area (Å²) in [6.45, 7) is 6.63. The van der Waals surface area contributed by atoms with Crippen molar-refractivity contribution in [2.45, 2.75) is 20.8 Å². The number of thiophene rings is 2. The van der Waals surface area contributed by atoms with Gasteiger partial charge in [-0.05, 0) is 49.4 Å². The van der Waals surface area contributed by atoms with Crippen LogP contribution in [0.15, 0.2) is 35.8 Å². The van der Waals surface area contributed by atoms with Crippen LogP contribution in [-0.4, -0.2) is 0 Å². The summed E-state index contributed by atoms with van der Waals surface area (Å²) in [6, 6.07) is 9.11. The van der Waals surface area contributed by atoms with E-state index in [-0.39, 0.29) is 0 Å². The minimum absolute atomic E-state index is 1.33. The third-order valence-corrected chi connectivity index (χ3v) is 6.66. The first-order valence-corrected chi connectivity index (χ1v) is 9.12. The fourth-order valence-corrected chi connectivity index (χ4v) is 5.42. The van der Waals surface area contributed by atoms with Crippen LogP contribution in [0.25, 0.3) is 30.7 Å². The highest BCUT2D eigenvalue weighted by Crippen LogP contribution is 2.41. The Morgan fingerprint density at radius 2 is 1.86 bits per heavy atom. The molecule has 3 heterocycles. The molecule has 4 aromatic rings. The summed E-state index contributed by atoms with van der Waals surface area (Å²) in [5, 5.41) is 5.00. The van der Waals surface area contributed by atoms with Crippen LogP contribution in [0.3, 0.4) is 0 Å². The molecule has 110 valence electrons. The number of hydrogen-bond donors (Lipinski definition) is 0. The topological polar surface area (TPSA) is 3.88 Å². The summed E-state index contributed by atoms with van der Waals surface area (Å²) >= 11 is 3.75. The zero-order valence-corrected chi connectivity index (χ0v) is 14.9. The van der Waals surface area contributed by atoms with Gasteiger partial charge in [0.25, 0.3) is 0 Å². The SMILES string of the molecule is Cc1cc(C)c(C)c(-c2c3c(cc[n+]2C)sc2sccc23)c1. The first-order valence-electron chi connectivity index (χ1n) is 7.43. The minimum Gasteiger partial charge on any atom is -0.200 e. The van der Waals surface area contributed by atoms with Gasteiger partial charge in [-0.15, -0.1) is 22.7 Å². The summed E-state index contributed by atoms with van der Waals surface area (Å²) in [5.41, 5.74) is 6.77. The minimum atomic E-state index is 1.33. The number of nitrogens with zero attached hydrogens (tertiary/aromatic N) is 1. The van der Waals surface area contributed by atoms with Crippen molar-refractivity contribution in [3.8, 4) is 11.3 Å². The van der Waals surface area contributed by atoms with E-state index in [4.69, 9.17) is 0 Å². The molecule has 0 radical (unpaired) electrons. The summed E-state index contributed by atoms with van der Waals surface area (Å²) in [5.74, 6) is 0. The Labute approximate surface area is 138 Å². The molecule has 0 unspecified atom stereocenters. The Hall–Kier alpha value is -1.71. The first-order chi connectivity index (χ1) is 10.6. The third kappa shape index (κ3) is 1.93. The van der Waals surface area contributed by atoms with Gasteiger partial charge in [0.05, 0.1) is 15.0 Å². The molecule has 3 heteroatoms. The van der Waals surface area contributed by atoms with Gasteiger partial charge in [-0.3, -0.25) is 0 Å². The van der Waals surface area contributed by atoms with Crippen LogP contribution in [0.1, 0.15) is 16.7 Å². The van der Waals surface area contributed by atoms with Crippen LogP contribution in [0.5, 0.6) is 0 Å². The zero-order chi connectivity index (χ0) is 15.4. The largest absolute Gasteiger partial charge is 0.221 e.